The lowest BCUT2D eigenvalue weighted by Gasteiger charge is -2.09. The molecule has 0 radical (unpaired) electrons. The van der Waals surface area contributed by atoms with E-state index in [0.29, 0.717) is 5.56 Å². The number of rotatable bonds is 3. The maximum absolute atomic E-state index is 12.6. The van der Waals surface area contributed by atoms with E-state index in [1.165, 1.54) is 6.92 Å². The molecule has 1 rings (SSSR count). The summed E-state index contributed by atoms with van der Waals surface area (Å²) in [6.45, 7) is 3.21. The van der Waals surface area contributed by atoms with Gasteiger partial charge in [-0.1, -0.05) is 11.6 Å². The van der Waals surface area contributed by atoms with Crippen molar-refractivity contribution in [3.8, 4) is 0 Å². The quantitative estimate of drug-likeness (QED) is 0.610. The minimum atomic E-state index is -2.79. The number of ether oxygens (including phenoxy) is 1. The molecule has 0 saturated carbocycles. The van der Waals surface area contributed by atoms with Crippen molar-refractivity contribution in [1.82, 2.24) is 4.98 Å². The molecule has 1 aromatic rings. The van der Waals surface area contributed by atoms with E-state index < -0.39 is 23.7 Å². The monoisotopic (exact) mass is 249 g/mol. The first kappa shape index (κ1) is 12.8. The molecule has 0 aliphatic carbocycles. The van der Waals surface area contributed by atoms with Crippen molar-refractivity contribution in [2.75, 3.05) is 6.61 Å². The number of alkyl halides is 2. The number of carbonyl (C=O) groups excluding carboxylic acids is 1. The van der Waals surface area contributed by atoms with Crippen LogP contribution in [0.1, 0.15) is 35.0 Å². The smallest absolute Gasteiger partial charge is 0.357 e. The van der Waals surface area contributed by atoms with Gasteiger partial charge in [-0.3, -0.25) is 0 Å². The lowest BCUT2D eigenvalue weighted by molar-refractivity contribution is 0.0507. The van der Waals surface area contributed by atoms with Gasteiger partial charge in [-0.15, -0.1) is 0 Å². The molecule has 88 valence electrons. The third kappa shape index (κ3) is 2.66. The van der Waals surface area contributed by atoms with Gasteiger partial charge >= 0.3 is 5.97 Å². The van der Waals surface area contributed by atoms with Crippen molar-refractivity contribution >= 4 is 17.6 Å². The van der Waals surface area contributed by atoms with Crippen LogP contribution in [0.25, 0.3) is 0 Å². The van der Waals surface area contributed by atoms with Crippen molar-refractivity contribution in [1.29, 1.82) is 0 Å². The number of esters is 1. The molecule has 0 N–H and O–H groups in total. The minimum absolute atomic E-state index is 0.0208. The number of pyridine rings is 1. The zero-order valence-corrected chi connectivity index (χ0v) is 9.52. The summed E-state index contributed by atoms with van der Waals surface area (Å²) in [6.07, 6.45) is -2.79. The summed E-state index contributed by atoms with van der Waals surface area (Å²) in [5, 5.41) is 0.0208. The highest BCUT2D eigenvalue weighted by Gasteiger charge is 2.22. The Morgan fingerprint density at radius 3 is 2.75 bits per heavy atom. The SMILES string of the molecule is CCOC(=O)c1nc(Cl)c(C)cc1C(F)F. The van der Waals surface area contributed by atoms with Crippen molar-refractivity contribution in [2.45, 2.75) is 20.3 Å². The Hall–Kier alpha value is -1.23. The second-order valence-corrected chi connectivity index (χ2v) is 3.41. The van der Waals surface area contributed by atoms with Gasteiger partial charge in [0, 0.05) is 0 Å². The first-order chi connectivity index (χ1) is 7.47. The fourth-order valence-electron chi connectivity index (χ4n) is 1.14. The minimum Gasteiger partial charge on any atom is -0.461 e. The van der Waals surface area contributed by atoms with E-state index in [9.17, 15) is 13.6 Å². The molecule has 6 heteroatoms. The fraction of sp³-hybridized carbons (Fsp3) is 0.400. The molecular weight excluding hydrogens is 240 g/mol. The molecule has 0 aromatic carbocycles. The van der Waals surface area contributed by atoms with Crippen LogP contribution in [0.2, 0.25) is 5.15 Å². The van der Waals surface area contributed by atoms with Gasteiger partial charge in [0.25, 0.3) is 6.43 Å². The summed E-state index contributed by atoms with van der Waals surface area (Å²) in [7, 11) is 0. The van der Waals surface area contributed by atoms with Crippen molar-refractivity contribution in [3.63, 3.8) is 0 Å². The molecule has 0 bridgehead atoms. The van der Waals surface area contributed by atoms with Crippen LogP contribution in [0.3, 0.4) is 0 Å². The number of aryl methyl sites for hydroxylation is 1. The number of hydrogen-bond acceptors (Lipinski definition) is 3. The molecule has 0 spiro atoms. The van der Waals surface area contributed by atoms with Gasteiger partial charge < -0.3 is 4.74 Å². The van der Waals surface area contributed by atoms with Crippen LogP contribution in [0.15, 0.2) is 6.07 Å². The predicted molar refractivity (Wildman–Crippen MR) is 54.9 cm³/mol. The van der Waals surface area contributed by atoms with Gasteiger partial charge in [0.05, 0.1) is 12.2 Å². The number of halogens is 3. The zero-order chi connectivity index (χ0) is 12.3. The van der Waals surface area contributed by atoms with E-state index in [1.54, 1.807) is 6.92 Å². The summed E-state index contributed by atoms with van der Waals surface area (Å²) < 4.78 is 29.9. The molecule has 1 aromatic heterocycles. The van der Waals surface area contributed by atoms with E-state index in [-0.39, 0.29) is 11.8 Å². The van der Waals surface area contributed by atoms with E-state index in [4.69, 9.17) is 11.6 Å². The average molecular weight is 250 g/mol. The molecule has 3 nitrogen and oxygen atoms in total. The van der Waals surface area contributed by atoms with Crippen molar-refractivity contribution in [2.24, 2.45) is 0 Å². The molecule has 16 heavy (non-hydrogen) atoms. The summed E-state index contributed by atoms with van der Waals surface area (Å²) in [4.78, 5) is 15.0. The van der Waals surface area contributed by atoms with Gasteiger partial charge in [-0.25, -0.2) is 18.6 Å². The Labute approximate surface area is 96.4 Å². The fourth-order valence-corrected chi connectivity index (χ4v) is 1.28. The Morgan fingerprint density at radius 2 is 2.25 bits per heavy atom. The normalized spacial score (nSPS) is 10.6. The van der Waals surface area contributed by atoms with E-state index in [2.05, 4.69) is 9.72 Å². The molecule has 0 unspecified atom stereocenters. The van der Waals surface area contributed by atoms with E-state index in [1.807, 2.05) is 0 Å². The second kappa shape index (κ2) is 5.21. The van der Waals surface area contributed by atoms with Crippen LogP contribution in [0.5, 0.6) is 0 Å². The molecule has 0 fully saturated rings. The standard InChI is InChI=1S/C10H10ClF2NO2/c1-3-16-10(15)7-6(9(12)13)4-5(2)8(11)14-7/h4,9H,3H2,1-2H3. The molecule has 1 heterocycles. The molecule has 0 saturated heterocycles. The molecular formula is C10H10ClF2NO2. The third-order valence-corrected chi connectivity index (χ3v) is 2.27. The lowest BCUT2D eigenvalue weighted by atomic mass is 10.1. The maximum atomic E-state index is 12.6. The van der Waals surface area contributed by atoms with Crippen LogP contribution >= 0.6 is 11.6 Å². The molecule has 0 aliphatic heterocycles. The van der Waals surface area contributed by atoms with Gasteiger partial charge in [-0.2, -0.15) is 0 Å². The van der Waals surface area contributed by atoms with Crippen LogP contribution in [0, 0.1) is 6.92 Å². The highest BCUT2D eigenvalue weighted by atomic mass is 35.5. The van der Waals surface area contributed by atoms with Gasteiger partial charge in [0.15, 0.2) is 5.69 Å². The number of nitrogens with zero attached hydrogens (tertiary/aromatic N) is 1. The Kier molecular flexibility index (Phi) is 4.18. The highest BCUT2D eigenvalue weighted by Crippen LogP contribution is 2.26. The van der Waals surface area contributed by atoms with E-state index >= 15 is 0 Å². The largest absolute Gasteiger partial charge is 0.461 e. The number of hydrogen-bond donors (Lipinski definition) is 0. The number of aromatic nitrogens is 1. The van der Waals surface area contributed by atoms with Gasteiger partial charge in [0.1, 0.15) is 5.15 Å². The summed E-state index contributed by atoms with van der Waals surface area (Å²) >= 11 is 5.67. The molecule has 0 amide bonds. The predicted octanol–water partition coefficient (Wildman–Crippen LogP) is 3.16. The lowest BCUT2D eigenvalue weighted by Crippen LogP contribution is -2.11. The first-order valence-electron chi connectivity index (χ1n) is 4.59. The molecule has 0 atom stereocenters. The Morgan fingerprint density at radius 1 is 1.62 bits per heavy atom. The number of carbonyl (C=O) groups is 1. The Bertz CT molecular complexity index is 410. The molecule has 0 aliphatic rings. The van der Waals surface area contributed by atoms with Gasteiger partial charge in [-0.05, 0) is 25.5 Å². The van der Waals surface area contributed by atoms with Crippen molar-refractivity contribution in [3.05, 3.63) is 28.0 Å². The van der Waals surface area contributed by atoms with Crippen LogP contribution in [0.4, 0.5) is 8.78 Å². The summed E-state index contributed by atoms with van der Waals surface area (Å²) in [6, 6.07) is 1.15. The van der Waals surface area contributed by atoms with Crippen LogP contribution in [-0.2, 0) is 4.74 Å². The summed E-state index contributed by atoms with van der Waals surface area (Å²) in [5.74, 6) is -0.889. The first-order valence-corrected chi connectivity index (χ1v) is 4.97. The van der Waals surface area contributed by atoms with Crippen LogP contribution in [-0.4, -0.2) is 17.6 Å². The second-order valence-electron chi connectivity index (χ2n) is 3.06. The van der Waals surface area contributed by atoms with Gasteiger partial charge in [0.2, 0.25) is 0 Å². The van der Waals surface area contributed by atoms with Crippen LogP contribution < -0.4 is 0 Å². The maximum Gasteiger partial charge on any atom is 0.357 e. The van der Waals surface area contributed by atoms with Crippen molar-refractivity contribution < 1.29 is 18.3 Å². The topological polar surface area (TPSA) is 39.2 Å². The average Bonchev–Trinajstić information content (AvgIpc) is 2.21. The highest BCUT2D eigenvalue weighted by molar-refractivity contribution is 6.30. The third-order valence-electron chi connectivity index (χ3n) is 1.88. The zero-order valence-electron chi connectivity index (χ0n) is 8.76. The summed E-state index contributed by atoms with van der Waals surface area (Å²) in [5.41, 5.74) is -0.488. The van der Waals surface area contributed by atoms with E-state index in [0.717, 1.165) is 6.07 Å². The Balaban J connectivity index is 3.24.